The van der Waals surface area contributed by atoms with Crippen molar-refractivity contribution in [1.82, 2.24) is 29.9 Å². The van der Waals surface area contributed by atoms with Crippen LogP contribution >= 0.6 is 0 Å². The number of amides is 1. The number of likely N-dealkylation sites (tertiary alicyclic amines) is 1. The van der Waals surface area contributed by atoms with Crippen LogP contribution in [0.15, 0.2) is 23.0 Å². The maximum Gasteiger partial charge on any atom is 0.236 e. The maximum absolute atomic E-state index is 12.8. The van der Waals surface area contributed by atoms with Gasteiger partial charge in [-0.05, 0) is 18.9 Å². The molecule has 0 aromatic carbocycles. The van der Waals surface area contributed by atoms with Gasteiger partial charge in [0, 0.05) is 64.5 Å². The van der Waals surface area contributed by atoms with Crippen LogP contribution < -0.4 is 4.90 Å². The first-order valence-corrected chi connectivity index (χ1v) is 9.51. The summed E-state index contributed by atoms with van der Waals surface area (Å²) < 4.78 is 5.09. The third kappa shape index (κ3) is 4.24. The fourth-order valence-electron chi connectivity index (χ4n) is 3.75. The minimum absolute atomic E-state index is 0.173. The number of anilines is 1. The van der Waals surface area contributed by atoms with Crippen molar-refractivity contribution in [3.05, 3.63) is 30.2 Å². The fraction of sp³-hybridized carbons (Fsp3) is 0.611. The molecular formula is C18H25N7O2. The summed E-state index contributed by atoms with van der Waals surface area (Å²) in [4.78, 5) is 32.0. The molecule has 4 rings (SSSR count). The van der Waals surface area contributed by atoms with E-state index in [1.54, 1.807) is 19.3 Å². The highest BCUT2D eigenvalue weighted by Crippen LogP contribution is 2.25. The van der Waals surface area contributed by atoms with Gasteiger partial charge in [0.1, 0.15) is 0 Å². The zero-order valence-electron chi connectivity index (χ0n) is 15.6. The minimum Gasteiger partial charge on any atom is -0.341 e. The van der Waals surface area contributed by atoms with E-state index in [9.17, 15) is 4.79 Å². The van der Waals surface area contributed by atoms with Crippen molar-refractivity contribution in [2.45, 2.75) is 25.7 Å². The van der Waals surface area contributed by atoms with Gasteiger partial charge in [-0.25, -0.2) is 9.97 Å². The summed E-state index contributed by atoms with van der Waals surface area (Å²) >= 11 is 0. The second-order valence-electron chi connectivity index (χ2n) is 7.16. The van der Waals surface area contributed by atoms with Crippen molar-refractivity contribution in [1.29, 1.82) is 0 Å². The van der Waals surface area contributed by atoms with Crippen molar-refractivity contribution in [3.63, 3.8) is 0 Å². The lowest BCUT2D eigenvalue weighted by Gasteiger charge is -2.36. The van der Waals surface area contributed by atoms with Gasteiger partial charge >= 0.3 is 0 Å². The molecule has 1 atom stereocenters. The van der Waals surface area contributed by atoms with Crippen LogP contribution in [-0.4, -0.2) is 81.6 Å². The zero-order valence-corrected chi connectivity index (χ0v) is 15.6. The van der Waals surface area contributed by atoms with Crippen LogP contribution in [0.4, 0.5) is 5.95 Å². The average Bonchev–Trinajstić information content (AvgIpc) is 3.16. The van der Waals surface area contributed by atoms with Gasteiger partial charge in [0.2, 0.25) is 17.7 Å². The Morgan fingerprint density at radius 3 is 2.67 bits per heavy atom. The van der Waals surface area contributed by atoms with Crippen LogP contribution in [0.25, 0.3) is 0 Å². The third-order valence-corrected chi connectivity index (χ3v) is 5.25. The van der Waals surface area contributed by atoms with E-state index in [-0.39, 0.29) is 11.8 Å². The van der Waals surface area contributed by atoms with Crippen molar-refractivity contribution in [3.8, 4) is 0 Å². The Hall–Kier alpha value is -2.55. The van der Waals surface area contributed by atoms with Crippen LogP contribution in [0.1, 0.15) is 30.5 Å². The monoisotopic (exact) mass is 371 g/mol. The number of piperidine rings is 1. The molecule has 2 aromatic rings. The number of hydrogen-bond donors (Lipinski definition) is 0. The number of nitrogens with zero attached hydrogens (tertiary/aromatic N) is 7. The molecule has 27 heavy (non-hydrogen) atoms. The molecule has 9 nitrogen and oxygen atoms in total. The van der Waals surface area contributed by atoms with Gasteiger partial charge in [-0.15, -0.1) is 0 Å². The van der Waals surface area contributed by atoms with Crippen molar-refractivity contribution in [2.75, 3.05) is 50.7 Å². The number of carbonyl (C=O) groups is 1. The molecule has 0 bridgehead atoms. The summed E-state index contributed by atoms with van der Waals surface area (Å²) in [6.45, 7) is 7.09. The predicted molar refractivity (Wildman–Crippen MR) is 98.3 cm³/mol. The summed E-state index contributed by atoms with van der Waals surface area (Å²) in [5.41, 5.74) is 0. The molecule has 1 unspecified atom stereocenters. The second kappa shape index (κ2) is 7.99. The topological polar surface area (TPSA) is 91.5 Å². The minimum atomic E-state index is 0.173. The van der Waals surface area contributed by atoms with E-state index in [0.717, 1.165) is 57.3 Å². The van der Waals surface area contributed by atoms with Crippen LogP contribution in [0.5, 0.6) is 0 Å². The fourth-order valence-corrected chi connectivity index (χ4v) is 3.75. The van der Waals surface area contributed by atoms with Crippen molar-refractivity contribution in [2.24, 2.45) is 0 Å². The number of aromatic nitrogens is 4. The Morgan fingerprint density at radius 1 is 1.19 bits per heavy atom. The number of carbonyl (C=O) groups excluding carboxylic acids is 1. The van der Waals surface area contributed by atoms with Gasteiger partial charge in [-0.1, -0.05) is 5.16 Å². The van der Waals surface area contributed by atoms with Crippen molar-refractivity contribution < 1.29 is 9.32 Å². The van der Waals surface area contributed by atoms with Gasteiger partial charge in [0.25, 0.3) is 0 Å². The molecule has 144 valence electrons. The standard InChI is InChI=1S/C18H25N7O2/c1-14-21-17(22-27-14)15-4-2-7-25(12-15)16(26)13-23-8-10-24(11-9-23)18-19-5-3-6-20-18/h3,5-6,15H,2,4,7-13H2,1H3. The summed E-state index contributed by atoms with van der Waals surface area (Å²) in [5.74, 6) is 2.42. The highest BCUT2D eigenvalue weighted by Gasteiger charge is 2.29. The molecule has 0 saturated carbocycles. The molecule has 0 N–H and O–H groups in total. The van der Waals surface area contributed by atoms with Crippen molar-refractivity contribution >= 4 is 11.9 Å². The molecule has 2 aliphatic heterocycles. The first-order valence-electron chi connectivity index (χ1n) is 9.51. The van der Waals surface area contributed by atoms with Crippen LogP contribution in [-0.2, 0) is 4.79 Å². The van der Waals surface area contributed by atoms with E-state index in [4.69, 9.17) is 4.52 Å². The molecule has 2 saturated heterocycles. The largest absolute Gasteiger partial charge is 0.341 e. The molecule has 0 spiro atoms. The van der Waals surface area contributed by atoms with Gasteiger partial charge in [-0.2, -0.15) is 4.98 Å². The van der Waals surface area contributed by atoms with E-state index >= 15 is 0 Å². The molecule has 1 amide bonds. The molecule has 2 fully saturated rings. The zero-order chi connectivity index (χ0) is 18.6. The quantitative estimate of drug-likeness (QED) is 0.775. The summed E-state index contributed by atoms with van der Waals surface area (Å²) in [6.07, 6.45) is 5.49. The Kier molecular flexibility index (Phi) is 5.28. The number of piperazine rings is 1. The molecule has 0 aliphatic carbocycles. The average molecular weight is 371 g/mol. The van der Waals surface area contributed by atoms with Crippen LogP contribution in [0.2, 0.25) is 0 Å². The third-order valence-electron chi connectivity index (χ3n) is 5.25. The van der Waals surface area contributed by atoms with E-state index in [1.807, 2.05) is 11.0 Å². The lowest BCUT2D eigenvalue weighted by atomic mass is 9.97. The normalized spacial score (nSPS) is 21.4. The Balaban J connectivity index is 1.28. The molecule has 2 aromatic heterocycles. The maximum atomic E-state index is 12.8. The first kappa shape index (κ1) is 17.8. The second-order valence-corrected chi connectivity index (χ2v) is 7.16. The number of aryl methyl sites for hydroxylation is 1. The Bertz CT molecular complexity index is 758. The van der Waals surface area contributed by atoms with E-state index in [1.165, 1.54) is 0 Å². The summed E-state index contributed by atoms with van der Waals surface area (Å²) in [5, 5.41) is 4.03. The van der Waals surface area contributed by atoms with Crippen LogP contribution in [0.3, 0.4) is 0 Å². The highest BCUT2D eigenvalue weighted by atomic mass is 16.5. The van der Waals surface area contributed by atoms with E-state index < -0.39 is 0 Å². The SMILES string of the molecule is Cc1nc(C2CCCN(C(=O)CN3CCN(c4ncccn4)CC3)C2)no1. The van der Waals surface area contributed by atoms with Gasteiger partial charge in [-0.3, -0.25) is 9.69 Å². The molecule has 4 heterocycles. The van der Waals surface area contributed by atoms with Gasteiger partial charge in [0.05, 0.1) is 6.54 Å². The predicted octanol–water partition coefficient (Wildman–Crippen LogP) is 0.696. The molecular weight excluding hydrogens is 346 g/mol. The molecule has 0 radical (unpaired) electrons. The summed E-state index contributed by atoms with van der Waals surface area (Å²) in [6, 6.07) is 1.82. The summed E-state index contributed by atoms with van der Waals surface area (Å²) in [7, 11) is 0. The van der Waals surface area contributed by atoms with Gasteiger partial charge < -0.3 is 14.3 Å². The Labute approximate surface area is 158 Å². The lowest BCUT2D eigenvalue weighted by molar-refractivity contribution is -0.133. The van der Waals surface area contributed by atoms with E-state index in [0.29, 0.717) is 19.0 Å². The smallest absolute Gasteiger partial charge is 0.236 e. The lowest BCUT2D eigenvalue weighted by Crippen LogP contribution is -2.51. The molecule has 2 aliphatic rings. The first-order chi connectivity index (χ1) is 13.2. The highest BCUT2D eigenvalue weighted by molar-refractivity contribution is 5.78. The Morgan fingerprint density at radius 2 is 1.96 bits per heavy atom. The number of hydrogen-bond acceptors (Lipinski definition) is 8. The van der Waals surface area contributed by atoms with Crippen LogP contribution in [0, 0.1) is 6.92 Å². The molecule has 9 heteroatoms. The van der Waals surface area contributed by atoms with Gasteiger partial charge in [0.15, 0.2) is 5.82 Å². The van der Waals surface area contributed by atoms with E-state index in [2.05, 4.69) is 29.9 Å². The number of rotatable bonds is 4.